The van der Waals surface area contributed by atoms with Crippen molar-refractivity contribution < 1.29 is 23.8 Å². The van der Waals surface area contributed by atoms with Gasteiger partial charge in [-0.2, -0.15) is 5.26 Å². The lowest BCUT2D eigenvalue weighted by molar-refractivity contribution is -0.123. The molecule has 0 radical (unpaired) electrons. The van der Waals surface area contributed by atoms with Gasteiger partial charge < -0.3 is 14.2 Å². The van der Waals surface area contributed by atoms with Crippen LogP contribution < -0.4 is 9.47 Å². The summed E-state index contributed by atoms with van der Waals surface area (Å²) in [5, 5.41) is 8.95. The van der Waals surface area contributed by atoms with Gasteiger partial charge in [0, 0.05) is 17.1 Å². The molecule has 1 aliphatic heterocycles. The van der Waals surface area contributed by atoms with Crippen LogP contribution in [0.1, 0.15) is 23.6 Å². The van der Waals surface area contributed by atoms with Crippen molar-refractivity contribution in [2.75, 3.05) is 26.9 Å². The van der Waals surface area contributed by atoms with Crippen molar-refractivity contribution in [3.05, 3.63) is 62.5 Å². The maximum atomic E-state index is 12.6. The van der Waals surface area contributed by atoms with E-state index in [9.17, 15) is 14.9 Å². The van der Waals surface area contributed by atoms with E-state index in [1.165, 1.54) is 12.0 Å². The highest BCUT2D eigenvalue weighted by molar-refractivity contribution is 9.10. The minimum atomic E-state index is -0.352. The number of carbonyl (C=O) groups is 2. The Morgan fingerprint density at radius 2 is 1.94 bits per heavy atom. The molecular formula is C23H21BrN2O5S. The summed E-state index contributed by atoms with van der Waals surface area (Å²) in [4.78, 5) is 26.3. The van der Waals surface area contributed by atoms with Crippen LogP contribution in [0.3, 0.4) is 0 Å². The first kappa shape index (κ1) is 23.9. The molecule has 166 valence electrons. The number of halogens is 1. The number of thioether (sulfide) groups is 1. The molecule has 1 aliphatic rings. The minimum absolute atomic E-state index is 0.202. The van der Waals surface area contributed by atoms with E-state index in [4.69, 9.17) is 14.2 Å². The molecule has 0 unspecified atom stereocenters. The van der Waals surface area contributed by atoms with Gasteiger partial charge in [-0.3, -0.25) is 14.5 Å². The third-order valence-electron chi connectivity index (χ3n) is 4.56. The second kappa shape index (κ2) is 11.2. The molecule has 7 nitrogen and oxygen atoms in total. The van der Waals surface area contributed by atoms with Gasteiger partial charge in [0.2, 0.25) is 0 Å². The Hall–Kier alpha value is -2.80. The largest absolute Gasteiger partial charge is 0.490 e. The summed E-state index contributed by atoms with van der Waals surface area (Å²) in [6.07, 6.45) is 1.65. The van der Waals surface area contributed by atoms with Gasteiger partial charge in [0.05, 0.1) is 36.3 Å². The lowest BCUT2D eigenvalue weighted by Crippen LogP contribution is -2.31. The van der Waals surface area contributed by atoms with E-state index in [2.05, 4.69) is 22.0 Å². The van der Waals surface area contributed by atoms with Gasteiger partial charge in [-0.15, -0.1) is 0 Å². The van der Waals surface area contributed by atoms with E-state index in [0.717, 1.165) is 17.3 Å². The molecule has 0 atom stereocenters. The average molecular weight is 517 g/mol. The molecule has 0 saturated carbocycles. The van der Waals surface area contributed by atoms with Gasteiger partial charge in [-0.25, -0.2) is 0 Å². The summed E-state index contributed by atoms with van der Waals surface area (Å²) in [5.41, 5.74) is 1.99. The topological polar surface area (TPSA) is 88.9 Å². The molecule has 2 aromatic rings. The number of amides is 2. The molecule has 0 aromatic heterocycles. The molecule has 0 aliphatic carbocycles. The van der Waals surface area contributed by atoms with Crippen molar-refractivity contribution in [2.45, 2.75) is 13.5 Å². The zero-order chi connectivity index (χ0) is 23.1. The van der Waals surface area contributed by atoms with Crippen molar-refractivity contribution in [1.29, 1.82) is 5.26 Å². The first-order valence-electron chi connectivity index (χ1n) is 9.80. The maximum absolute atomic E-state index is 12.6. The van der Waals surface area contributed by atoms with Crippen molar-refractivity contribution >= 4 is 44.9 Å². The van der Waals surface area contributed by atoms with Crippen molar-refractivity contribution in [1.82, 2.24) is 4.90 Å². The third kappa shape index (κ3) is 5.51. The Morgan fingerprint density at radius 3 is 2.66 bits per heavy atom. The smallest absolute Gasteiger partial charge is 0.293 e. The van der Waals surface area contributed by atoms with Crippen LogP contribution in [0.4, 0.5) is 4.79 Å². The molecule has 1 saturated heterocycles. The molecule has 2 aromatic carbocycles. The maximum Gasteiger partial charge on any atom is 0.293 e. The van der Waals surface area contributed by atoms with Crippen LogP contribution >= 0.6 is 27.7 Å². The molecule has 32 heavy (non-hydrogen) atoms. The number of rotatable bonds is 9. The van der Waals surface area contributed by atoms with Gasteiger partial charge in [0.1, 0.15) is 6.61 Å². The SMILES string of the molecule is CCOc1cc(/C=C2/SC(=O)N(CCOC)C2=O)c(Br)cc1OCc1ccccc1C#N. The van der Waals surface area contributed by atoms with E-state index in [1.54, 1.807) is 30.3 Å². The number of nitriles is 1. The fourth-order valence-electron chi connectivity index (χ4n) is 2.97. The molecular weight excluding hydrogens is 496 g/mol. The highest BCUT2D eigenvalue weighted by Crippen LogP contribution is 2.38. The first-order chi connectivity index (χ1) is 15.5. The van der Waals surface area contributed by atoms with Gasteiger partial charge in [0.15, 0.2) is 11.5 Å². The number of ether oxygens (including phenoxy) is 3. The minimum Gasteiger partial charge on any atom is -0.490 e. The number of nitrogens with zero attached hydrogens (tertiary/aromatic N) is 2. The van der Waals surface area contributed by atoms with Crippen LogP contribution in [0.2, 0.25) is 0 Å². The summed E-state index contributed by atoms with van der Waals surface area (Å²) in [5.74, 6) is 0.641. The lowest BCUT2D eigenvalue weighted by Gasteiger charge is -2.15. The number of imide groups is 1. The summed E-state index contributed by atoms with van der Waals surface area (Å²) in [6, 6.07) is 12.9. The highest BCUT2D eigenvalue weighted by Gasteiger charge is 2.34. The second-order valence-electron chi connectivity index (χ2n) is 6.64. The van der Waals surface area contributed by atoms with E-state index in [0.29, 0.717) is 38.6 Å². The second-order valence-corrected chi connectivity index (χ2v) is 8.48. The summed E-state index contributed by atoms with van der Waals surface area (Å²) in [7, 11) is 1.52. The molecule has 2 amide bonds. The van der Waals surface area contributed by atoms with Gasteiger partial charge >= 0.3 is 0 Å². The predicted molar refractivity (Wildman–Crippen MR) is 125 cm³/mol. The van der Waals surface area contributed by atoms with Crippen LogP contribution in [0.15, 0.2) is 45.8 Å². The molecule has 1 fully saturated rings. The zero-order valence-electron chi connectivity index (χ0n) is 17.6. The van der Waals surface area contributed by atoms with Crippen LogP contribution in [0.25, 0.3) is 6.08 Å². The van der Waals surface area contributed by atoms with Gasteiger partial charge in [-0.05, 0) is 48.5 Å². The Labute approximate surface area is 199 Å². The summed E-state index contributed by atoms with van der Waals surface area (Å²) in [6.45, 7) is 2.97. The molecule has 0 bridgehead atoms. The molecule has 1 heterocycles. The third-order valence-corrected chi connectivity index (χ3v) is 6.16. The zero-order valence-corrected chi connectivity index (χ0v) is 20.0. The molecule has 0 N–H and O–H groups in total. The number of benzene rings is 2. The summed E-state index contributed by atoms with van der Waals surface area (Å²) >= 11 is 4.40. The average Bonchev–Trinajstić information content (AvgIpc) is 3.05. The predicted octanol–water partition coefficient (Wildman–Crippen LogP) is 4.98. The van der Waals surface area contributed by atoms with E-state index in [-0.39, 0.29) is 30.9 Å². The molecule has 9 heteroatoms. The quantitative estimate of drug-likeness (QED) is 0.434. The number of methoxy groups -OCH3 is 1. The number of hydrogen-bond donors (Lipinski definition) is 0. The van der Waals surface area contributed by atoms with Crippen molar-refractivity contribution in [2.24, 2.45) is 0 Å². The van der Waals surface area contributed by atoms with Crippen molar-refractivity contribution in [3.8, 4) is 17.6 Å². The Balaban J connectivity index is 1.86. The van der Waals surface area contributed by atoms with Crippen LogP contribution in [0.5, 0.6) is 11.5 Å². The Bertz CT molecular complexity index is 1100. The number of carbonyl (C=O) groups excluding carboxylic acids is 2. The lowest BCUT2D eigenvalue weighted by atomic mass is 10.1. The van der Waals surface area contributed by atoms with Crippen LogP contribution in [-0.2, 0) is 16.1 Å². The fourth-order valence-corrected chi connectivity index (χ4v) is 4.26. The summed E-state index contributed by atoms with van der Waals surface area (Å²) < 4.78 is 17.3. The molecule has 0 spiro atoms. The van der Waals surface area contributed by atoms with Crippen LogP contribution in [-0.4, -0.2) is 42.9 Å². The Morgan fingerprint density at radius 1 is 1.19 bits per heavy atom. The Kier molecular flexibility index (Phi) is 8.33. The first-order valence-corrected chi connectivity index (χ1v) is 11.4. The van der Waals surface area contributed by atoms with Crippen molar-refractivity contribution in [3.63, 3.8) is 0 Å². The standard InChI is InChI=1S/C23H21BrN2O5S/c1-3-30-19-10-17(11-21-22(27)26(8-9-29-2)23(28)32-21)18(24)12-20(19)31-14-16-7-5-4-6-15(16)13-25/h4-7,10-12H,3,8-9,14H2,1-2H3/b21-11+. The monoisotopic (exact) mass is 516 g/mol. The fraction of sp³-hybridized carbons (Fsp3) is 0.261. The highest BCUT2D eigenvalue weighted by atomic mass is 79.9. The van der Waals surface area contributed by atoms with E-state index < -0.39 is 0 Å². The van der Waals surface area contributed by atoms with Crippen LogP contribution in [0, 0.1) is 11.3 Å². The molecule has 3 rings (SSSR count). The number of hydrogen-bond acceptors (Lipinski definition) is 7. The van der Waals surface area contributed by atoms with Gasteiger partial charge in [0.25, 0.3) is 11.1 Å². The van der Waals surface area contributed by atoms with Gasteiger partial charge in [-0.1, -0.05) is 34.1 Å². The van der Waals surface area contributed by atoms with E-state index in [1.807, 2.05) is 19.1 Å². The normalized spacial score (nSPS) is 14.7. The van der Waals surface area contributed by atoms with E-state index >= 15 is 0 Å².